The van der Waals surface area contributed by atoms with Crippen LogP contribution in [0.3, 0.4) is 0 Å². The maximum atomic E-state index is 12.4. The summed E-state index contributed by atoms with van der Waals surface area (Å²) in [5.41, 5.74) is 13.4. The molecule has 39 heavy (non-hydrogen) atoms. The first-order valence-electron chi connectivity index (χ1n) is 13.2. The van der Waals surface area contributed by atoms with Gasteiger partial charge in [-0.25, -0.2) is 4.79 Å². The SMILES string of the molecule is Cl.NC(=O)c1cc(C2=C(c3ccc(CC4CN(CCCF)C4)cc3)c3ccc(C(=O)O)cc3CCC2)ccn1. The van der Waals surface area contributed by atoms with Crippen LogP contribution in [0, 0.1) is 5.92 Å². The summed E-state index contributed by atoms with van der Waals surface area (Å²) in [6.45, 7) is 2.60. The average Bonchev–Trinajstić information content (AvgIpc) is 3.09. The van der Waals surface area contributed by atoms with Gasteiger partial charge >= 0.3 is 5.97 Å². The molecule has 3 aromatic rings. The maximum Gasteiger partial charge on any atom is 0.335 e. The first-order valence-corrected chi connectivity index (χ1v) is 13.2. The van der Waals surface area contributed by atoms with E-state index in [9.17, 15) is 19.1 Å². The minimum Gasteiger partial charge on any atom is -0.478 e. The van der Waals surface area contributed by atoms with E-state index in [1.54, 1.807) is 24.4 Å². The van der Waals surface area contributed by atoms with Crippen LogP contribution in [0.5, 0.6) is 0 Å². The Labute approximate surface area is 234 Å². The number of nitrogens with zero attached hydrogens (tertiary/aromatic N) is 2. The van der Waals surface area contributed by atoms with Crippen LogP contribution < -0.4 is 5.73 Å². The number of nitrogens with two attached hydrogens (primary N) is 1. The van der Waals surface area contributed by atoms with Gasteiger partial charge in [0.15, 0.2) is 0 Å². The molecule has 2 aliphatic rings. The van der Waals surface area contributed by atoms with Gasteiger partial charge in [-0.15, -0.1) is 12.4 Å². The molecule has 1 aliphatic carbocycles. The molecule has 1 aromatic heterocycles. The lowest BCUT2D eigenvalue weighted by Crippen LogP contribution is -2.47. The Bertz CT molecular complexity index is 1380. The predicted octanol–water partition coefficient (Wildman–Crippen LogP) is 5.43. The van der Waals surface area contributed by atoms with Crippen LogP contribution in [0.15, 0.2) is 60.8 Å². The van der Waals surface area contributed by atoms with Crippen LogP contribution in [0.2, 0.25) is 0 Å². The van der Waals surface area contributed by atoms with Crippen molar-refractivity contribution in [3.8, 4) is 0 Å². The lowest BCUT2D eigenvalue weighted by Gasteiger charge is -2.39. The standard InChI is InChI=1S/C31H32FN3O3.ClH/c32-12-2-14-35-18-21(19-35)15-20-5-7-22(8-6-20)29-26(24-11-13-34-28(17-24)30(33)36)4-1-3-23-16-25(31(37)38)9-10-27(23)29;/h5-11,13,16-17,21H,1-4,12,14-15,18-19H2,(H2,33,36)(H,37,38);1H. The molecule has 1 fully saturated rings. The van der Waals surface area contributed by atoms with Crippen molar-refractivity contribution in [1.29, 1.82) is 0 Å². The van der Waals surface area contributed by atoms with Gasteiger partial charge in [0, 0.05) is 25.8 Å². The zero-order valence-electron chi connectivity index (χ0n) is 21.7. The Morgan fingerprint density at radius 3 is 2.49 bits per heavy atom. The van der Waals surface area contributed by atoms with Crippen molar-refractivity contribution >= 4 is 35.4 Å². The van der Waals surface area contributed by atoms with Crippen molar-refractivity contribution in [2.24, 2.45) is 11.7 Å². The fraction of sp³-hybridized carbons (Fsp3) is 0.323. The highest BCUT2D eigenvalue weighted by molar-refractivity contribution is 6.01. The quantitative estimate of drug-likeness (QED) is 0.371. The first-order chi connectivity index (χ1) is 18.4. The lowest BCUT2D eigenvalue weighted by atomic mass is 9.86. The highest BCUT2D eigenvalue weighted by Crippen LogP contribution is 2.40. The summed E-state index contributed by atoms with van der Waals surface area (Å²) in [4.78, 5) is 29.9. The number of carboxylic acids is 1. The molecular weight excluding hydrogens is 517 g/mol. The predicted molar refractivity (Wildman–Crippen MR) is 153 cm³/mol. The van der Waals surface area contributed by atoms with Crippen LogP contribution in [0.25, 0.3) is 11.1 Å². The van der Waals surface area contributed by atoms with E-state index in [0.29, 0.717) is 12.3 Å². The van der Waals surface area contributed by atoms with Gasteiger partial charge in [0.25, 0.3) is 5.91 Å². The van der Waals surface area contributed by atoms with Crippen molar-refractivity contribution in [2.45, 2.75) is 32.1 Å². The van der Waals surface area contributed by atoms with E-state index in [-0.39, 0.29) is 30.3 Å². The number of halogens is 2. The molecule has 2 heterocycles. The molecule has 0 atom stereocenters. The van der Waals surface area contributed by atoms with E-state index < -0.39 is 11.9 Å². The molecule has 1 saturated heterocycles. The van der Waals surface area contributed by atoms with Crippen LogP contribution >= 0.6 is 12.4 Å². The number of benzene rings is 2. The molecule has 2 aromatic carbocycles. The van der Waals surface area contributed by atoms with Crippen LogP contribution in [0.1, 0.15) is 67.9 Å². The van der Waals surface area contributed by atoms with Crippen LogP contribution in [0.4, 0.5) is 4.39 Å². The molecule has 0 spiro atoms. The molecule has 204 valence electrons. The van der Waals surface area contributed by atoms with Crippen LogP contribution in [-0.4, -0.2) is 53.2 Å². The van der Waals surface area contributed by atoms with Gasteiger partial charge in [0.1, 0.15) is 5.69 Å². The Hall–Kier alpha value is -3.55. The number of fused-ring (bicyclic) bond motifs is 1. The summed E-state index contributed by atoms with van der Waals surface area (Å²) in [6.07, 6.45) is 5.58. The number of rotatable bonds is 9. The fourth-order valence-corrected chi connectivity index (χ4v) is 5.70. The number of hydrogen-bond acceptors (Lipinski definition) is 4. The second-order valence-corrected chi connectivity index (χ2v) is 10.2. The molecule has 3 N–H and O–H groups in total. The number of carboxylic acid groups (broad SMARTS) is 1. The molecule has 5 rings (SSSR count). The molecule has 6 nitrogen and oxygen atoms in total. The lowest BCUT2D eigenvalue weighted by molar-refractivity contribution is 0.0696. The number of allylic oxidation sites excluding steroid dienone is 1. The van der Waals surface area contributed by atoms with Crippen molar-refractivity contribution < 1.29 is 19.1 Å². The summed E-state index contributed by atoms with van der Waals surface area (Å²) in [5, 5.41) is 9.56. The van der Waals surface area contributed by atoms with Crippen molar-refractivity contribution in [1.82, 2.24) is 9.88 Å². The normalized spacial score (nSPS) is 15.6. The topological polar surface area (TPSA) is 96.5 Å². The number of aromatic nitrogens is 1. The third-order valence-electron chi connectivity index (χ3n) is 7.56. The van der Waals surface area contributed by atoms with Crippen molar-refractivity contribution in [3.63, 3.8) is 0 Å². The third-order valence-corrected chi connectivity index (χ3v) is 7.56. The summed E-state index contributed by atoms with van der Waals surface area (Å²) >= 11 is 0. The molecule has 0 bridgehead atoms. The number of alkyl halides is 1. The van der Waals surface area contributed by atoms with E-state index >= 15 is 0 Å². The first kappa shape index (κ1) is 28.5. The summed E-state index contributed by atoms with van der Waals surface area (Å²) in [5.74, 6) is -0.920. The van der Waals surface area contributed by atoms with Gasteiger partial charge in [-0.05, 0) is 101 Å². The number of likely N-dealkylation sites (tertiary alicyclic amines) is 1. The molecule has 0 radical (unpaired) electrons. The number of carbonyl (C=O) groups excluding carboxylic acids is 1. The third kappa shape index (κ3) is 6.37. The van der Waals surface area contributed by atoms with Crippen molar-refractivity contribution in [2.75, 3.05) is 26.3 Å². The largest absolute Gasteiger partial charge is 0.478 e. The highest BCUT2D eigenvalue weighted by atomic mass is 35.5. The van der Waals surface area contributed by atoms with E-state index in [4.69, 9.17) is 5.73 Å². The van der Waals surface area contributed by atoms with Gasteiger partial charge in [-0.1, -0.05) is 30.3 Å². The minimum atomic E-state index is -0.938. The van der Waals surface area contributed by atoms with Crippen molar-refractivity contribution in [3.05, 3.63) is 99.9 Å². The van der Waals surface area contributed by atoms with E-state index in [0.717, 1.165) is 78.7 Å². The number of hydrogen-bond donors (Lipinski definition) is 2. The number of amides is 1. The summed E-state index contributed by atoms with van der Waals surface area (Å²) in [7, 11) is 0. The van der Waals surface area contributed by atoms with Gasteiger partial charge in [-0.3, -0.25) is 14.2 Å². The van der Waals surface area contributed by atoms with Gasteiger partial charge in [0.05, 0.1) is 12.2 Å². The molecule has 0 unspecified atom stereocenters. The Morgan fingerprint density at radius 1 is 1.03 bits per heavy atom. The van der Waals surface area contributed by atoms with Gasteiger partial charge in [-0.2, -0.15) is 0 Å². The Kier molecular flexibility index (Phi) is 9.15. The summed E-state index contributed by atoms with van der Waals surface area (Å²) < 4.78 is 12.4. The number of primary amides is 1. The highest BCUT2D eigenvalue weighted by Gasteiger charge is 2.26. The molecular formula is C31H33ClFN3O3. The zero-order valence-corrected chi connectivity index (χ0v) is 22.6. The van der Waals surface area contributed by atoms with Crippen LogP contribution in [-0.2, 0) is 12.8 Å². The number of carbonyl (C=O) groups is 2. The fourth-order valence-electron chi connectivity index (χ4n) is 5.70. The minimum absolute atomic E-state index is 0. The maximum absolute atomic E-state index is 12.4. The number of aryl methyl sites for hydroxylation is 1. The van der Waals surface area contributed by atoms with E-state index in [2.05, 4.69) is 34.1 Å². The second-order valence-electron chi connectivity index (χ2n) is 10.2. The molecule has 1 amide bonds. The average molecular weight is 550 g/mol. The number of pyridine rings is 1. The molecule has 1 aliphatic heterocycles. The van der Waals surface area contributed by atoms with E-state index in [1.807, 2.05) is 12.1 Å². The zero-order chi connectivity index (χ0) is 26.6. The van der Waals surface area contributed by atoms with Gasteiger partial charge < -0.3 is 15.7 Å². The Morgan fingerprint density at radius 2 is 1.79 bits per heavy atom. The van der Waals surface area contributed by atoms with E-state index in [1.165, 1.54) is 5.56 Å². The molecule has 8 heteroatoms. The second kappa shape index (κ2) is 12.5. The monoisotopic (exact) mass is 549 g/mol. The Balaban J connectivity index is 0.00000353. The smallest absolute Gasteiger partial charge is 0.335 e. The molecule has 0 saturated carbocycles. The number of aromatic carboxylic acids is 1. The van der Waals surface area contributed by atoms with Gasteiger partial charge in [0.2, 0.25) is 0 Å². The summed E-state index contributed by atoms with van der Waals surface area (Å²) in [6, 6.07) is 17.6.